The fourth-order valence-electron chi connectivity index (χ4n) is 1.07. The Bertz CT molecular complexity index is 367. The number of anilines is 1. The molecule has 3 nitrogen and oxygen atoms in total. The van der Waals surface area contributed by atoms with Gasteiger partial charge in [0.15, 0.2) is 5.58 Å². The molecule has 56 valence electrons. The molecular weight excluding hydrogens is 140 g/mol. The lowest BCUT2D eigenvalue weighted by molar-refractivity contribution is 0.616. The summed E-state index contributed by atoms with van der Waals surface area (Å²) in [5, 5.41) is 3.02. The molecule has 0 saturated carbocycles. The molecule has 0 spiro atoms. The highest BCUT2D eigenvalue weighted by atomic mass is 16.3. The molecule has 0 atom stereocenters. The maximum Gasteiger partial charge on any atom is 0.175 e. The van der Waals surface area contributed by atoms with Crippen LogP contribution in [0.1, 0.15) is 0 Å². The summed E-state index contributed by atoms with van der Waals surface area (Å²) in [7, 11) is 1.86. The van der Waals surface area contributed by atoms with Gasteiger partial charge in [0.2, 0.25) is 0 Å². The van der Waals surface area contributed by atoms with E-state index in [1.54, 1.807) is 12.5 Å². The number of hydrogen-bond donors (Lipinski definition) is 1. The van der Waals surface area contributed by atoms with E-state index in [1.807, 2.05) is 19.2 Å². The molecule has 2 heterocycles. The van der Waals surface area contributed by atoms with E-state index >= 15 is 0 Å². The molecule has 0 fully saturated rings. The van der Waals surface area contributed by atoms with Gasteiger partial charge in [-0.3, -0.25) is 4.98 Å². The molecule has 3 heteroatoms. The average Bonchev–Trinajstić information content (AvgIpc) is 2.50. The molecule has 0 saturated heterocycles. The lowest BCUT2D eigenvalue weighted by atomic mass is 10.3. The quantitative estimate of drug-likeness (QED) is 0.670. The molecule has 0 bridgehead atoms. The summed E-state index contributed by atoms with van der Waals surface area (Å²) >= 11 is 0. The Kier molecular flexibility index (Phi) is 1.28. The molecule has 0 radical (unpaired) electrons. The molecule has 2 aromatic heterocycles. The number of nitrogens with one attached hydrogen (secondary N) is 1. The van der Waals surface area contributed by atoms with E-state index in [1.165, 1.54) is 0 Å². The van der Waals surface area contributed by atoms with Gasteiger partial charge in [0, 0.05) is 19.3 Å². The summed E-state index contributed by atoms with van der Waals surface area (Å²) in [6, 6.07) is 3.72. The number of hydrogen-bond acceptors (Lipinski definition) is 3. The summed E-state index contributed by atoms with van der Waals surface area (Å²) < 4.78 is 5.21. The summed E-state index contributed by atoms with van der Waals surface area (Å²) in [6.07, 6.45) is 3.39. The number of pyridine rings is 1. The highest BCUT2D eigenvalue weighted by Crippen LogP contribution is 2.20. The van der Waals surface area contributed by atoms with Crippen molar-refractivity contribution in [2.75, 3.05) is 12.4 Å². The van der Waals surface area contributed by atoms with Crippen molar-refractivity contribution in [1.29, 1.82) is 0 Å². The van der Waals surface area contributed by atoms with Gasteiger partial charge in [-0.25, -0.2) is 0 Å². The van der Waals surface area contributed by atoms with Gasteiger partial charge in [0.1, 0.15) is 5.52 Å². The van der Waals surface area contributed by atoms with Crippen molar-refractivity contribution in [3.05, 3.63) is 24.6 Å². The molecule has 2 aromatic rings. The van der Waals surface area contributed by atoms with Crippen molar-refractivity contribution in [1.82, 2.24) is 4.98 Å². The van der Waals surface area contributed by atoms with Gasteiger partial charge in [-0.1, -0.05) is 0 Å². The third-order valence-electron chi connectivity index (χ3n) is 1.61. The lowest BCUT2D eigenvalue weighted by Gasteiger charge is -1.97. The van der Waals surface area contributed by atoms with Crippen LogP contribution in [0.5, 0.6) is 0 Å². The van der Waals surface area contributed by atoms with Gasteiger partial charge in [0.05, 0.1) is 12.0 Å². The zero-order chi connectivity index (χ0) is 7.68. The molecule has 0 aliphatic carbocycles. The van der Waals surface area contributed by atoms with E-state index in [2.05, 4.69) is 10.3 Å². The predicted octanol–water partition coefficient (Wildman–Crippen LogP) is 1.87. The van der Waals surface area contributed by atoms with E-state index in [4.69, 9.17) is 4.42 Å². The van der Waals surface area contributed by atoms with Crippen molar-refractivity contribution in [3.8, 4) is 0 Å². The molecule has 0 aliphatic heterocycles. The third kappa shape index (κ3) is 0.852. The van der Waals surface area contributed by atoms with Gasteiger partial charge in [-0.05, 0) is 6.07 Å². The topological polar surface area (TPSA) is 38.1 Å². The van der Waals surface area contributed by atoms with Crippen LogP contribution in [-0.4, -0.2) is 12.0 Å². The van der Waals surface area contributed by atoms with Gasteiger partial charge in [-0.15, -0.1) is 0 Å². The third-order valence-corrected chi connectivity index (χ3v) is 1.61. The molecular formula is C8H8N2O. The first kappa shape index (κ1) is 6.22. The summed E-state index contributed by atoms with van der Waals surface area (Å²) in [5.41, 5.74) is 2.67. The second-order valence-corrected chi connectivity index (χ2v) is 2.24. The van der Waals surface area contributed by atoms with E-state index in [-0.39, 0.29) is 0 Å². The number of furan rings is 1. The van der Waals surface area contributed by atoms with Crippen LogP contribution in [0.3, 0.4) is 0 Å². The molecule has 0 aliphatic rings. The van der Waals surface area contributed by atoms with Crippen LogP contribution in [0.2, 0.25) is 0 Å². The Morgan fingerprint density at radius 1 is 1.45 bits per heavy atom. The normalized spacial score (nSPS) is 10.3. The SMILES string of the molecule is CNc1ccnc2ccoc12. The van der Waals surface area contributed by atoms with Crippen LogP contribution in [0.15, 0.2) is 29.0 Å². The van der Waals surface area contributed by atoms with Crippen LogP contribution in [0, 0.1) is 0 Å². The fraction of sp³-hybridized carbons (Fsp3) is 0.125. The van der Waals surface area contributed by atoms with Gasteiger partial charge in [0.25, 0.3) is 0 Å². The van der Waals surface area contributed by atoms with Crippen LogP contribution < -0.4 is 5.32 Å². The van der Waals surface area contributed by atoms with E-state index in [0.29, 0.717) is 0 Å². The zero-order valence-corrected chi connectivity index (χ0v) is 6.16. The first-order valence-electron chi connectivity index (χ1n) is 3.42. The minimum Gasteiger partial charge on any atom is -0.460 e. The van der Waals surface area contributed by atoms with Crippen molar-refractivity contribution in [2.45, 2.75) is 0 Å². The van der Waals surface area contributed by atoms with Crippen molar-refractivity contribution in [2.24, 2.45) is 0 Å². The Hall–Kier alpha value is -1.51. The van der Waals surface area contributed by atoms with E-state index in [9.17, 15) is 0 Å². The standard InChI is InChI=1S/C8H8N2O/c1-9-6-2-4-10-7-3-5-11-8(6)7/h2-5H,1H3,(H,9,10). The average molecular weight is 148 g/mol. The molecule has 2 rings (SSSR count). The summed E-state index contributed by atoms with van der Waals surface area (Å²) in [4.78, 5) is 4.12. The number of rotatable bonds is 1. The number of aromatic nitrogens is 1. The van der Waals surface area contributed by atoms with E-state index in [0.717, 1.165) is 16.8 Å². The van der Waals surface area contributed by atoms with Gasteiger partial charge >= 0.3 is 0 Å². The maximum absolute atomic E-state index is 5.21. The Morgan fingerprint density at radius 2 is 2.36 bits per heavy atom. The molecule has 0 amide bonds. The largest absolute Gasteiger partial charge is 0.460 e. The van der Waals surface area contributed by atoms with Crippen LogP contribution >= 0.6 is 0 Å². The number of fused-ring (bicyclic) bond motifs is 1. The fourth-order valence-corrected chi connectivity index (χ4v) is 1.07. The van der Waals surface area contributed by atoms with Crippen molar-refractivity contribution >= 4 is 16.8 Å². The Morgan fingerprint density at radius 3 is 3.18 bits per heavy atom. The first-order valence-corrected chi connectivity index (χ1v) is 3.42. The first-order chi connectivity index (χ1) is 5.42. The molecule has 11 heavy (non-hydrogen) atoms. The monoisotopic (exact) mass is 148 g/mol. The second kappa shape index (κ2) is 2.27. The number of nitrogens with zero attached hydrogens (tertiary/aromatic N) is 1. The minimum atomic E-state index is 0.815. The van der Waals surface area contributed by atoms with Gasteiger partial charge in [-0.2, -0.15) is 0 Å². The zero-order valence-electron chi connectivity index (χ0n) is 6.16. The lowest BCUT2D eigenvalue weighted by Crippen LogP contribution is -1.87. The summed E-state index contributed by atoms with van der Waals surface area (Å²) in [5.74, 6) is 0. The Labute approximate surface area is 64.0 Å². The highest BCUT2D eigenvalue weighted by Gasteiger charge is 2.01. The Balaban J connectivity index is 2.79. The smallest absolute Gasteiger partial charge is 0.175 e. The van der Waals surface area contributed by atoms with Crippen molar-refractivity contribution in [3.63, 3.8) is 0 Å². The highest BCUT2D eigenvalue weighted by molar-refractivity contribution is 5.85. The van der Waals surface area contributed by atoms with Crippen LogP contribution in [-0.2, 0) is 0 Å². The van der Waals surface area contributed by atoms with Crippen LogP contribution in [0.4, 0.5) is 5.69 Å². The van der Waals surface area contributed by atoms with Crippen LogP contribution in [0.25, 0.3) is 11.1 Å². The minimum absolute atomic E-state index is 0.815. The van der Waals surface area contributed by atoms with Gasteiger partial charge < -0.3 is 9.73 Å². The maximum atomic E-state index is 5.21. The molecule has 0 unspecified atom stereocenters. The van der Waals surface area contributed by atoms with E-state index < -0.39 is 0 Å². The summed E-state index contributed by atoms with van der Waals surface area (Å²) in [6.45, 7) is 0. The van der Waals surface area contributed by atoms with Crippen molar-refractivity contribution < 1.29 is 4.42 Å². The molecule has 1 N–H and O–H groups in total. The second-order valence-electron chi connectivity index (χ2n) is 2.24. The molecule has 0 aromatic carbocycles. The predicted molar refractivity (Wildman–Crippen MR) is 43.6 cm³/mol.